The first-order valence-corrected chi connectivity index (χ1v) is 5.80. The van der Waals surface area contributed by atoms with Gasteiger partial charge in [-0.25, -0.2) is 0 Å². The van der Waals surface area contributed by atoms with E-state index in [1.54, 1.807) is 4.90 Å². The van der Waals surface area contributed by atoms with Crippen molar-refractivity contribution in [1.29, 1.82) is 0 Å². The number of halogens is 1. The molecule has 1 aromatic carbocycles. The summed E-state index contributed by atoms with van der Waals surface area (Å²) < 4.78 is 5.77. The molecule has 4 heteroatoms. The number of rotatable bonds is 3. The smallest absolute Gasteiger partial charge is 0.237 e. The summed E-state index contributed by atoms with van der Waals surface area (Å²) in [5.74, 6) is 0.925. The van der Waals surface area contributed by atoms with Gasteiger partial charge in [0.1, 0.15) is 17.7 Å². The van der Waals surface area contributed by atoms with Crippen LogP contribution in [-0.4, -0.2) is 35.9 Å². The molecule has 0 atom stereocenters. The van der Waals surface area contributed by atoms with Crippen LogP contribution in [0.4, 0.5) is 0 Å². The first kappa shape index (κ1) is 11.3. The molecule has 0 spiro atoms. The predicted octanol–water partition coefficient (Wildman–Crippen LogP) is 1.82. The van der Waals surface area contributed by atoms with Gasteiger partial charge in [0.2, 0.25) is 5.91 Å². The summed E-state index contributed by atoms with van der Waals surface area (Å²) in [4.78, 5) is 12.9. The molecule has 1 aliphatic rings. The number of ether oxygens (including phenoxy) is 1. The molecule has 1 aliphatic heterocycles. The van der Waals surface area contributed by atoms with E-state index >= 15 is 0 Å². The van der Waals surface area contributed by atoms with Gasteiger partial charge in [-0.05, 0) is 18.6 Å². The number of nitrogens with zero attached hydrogens (tertiary/aromatic N) is 1. The first-order valence-electron chi connectivity index (χ1n) is 5.26. The van der Waals surface area contributed by atoms with Crippen molar-refractivity contribution in [2.45, 2.75) is 13.0 Å². The first-order chi connectivity index (χ1) is 7.70. The Bertz CT molecular complexity index is 388. The van der Waals surface area contributed by atoms with Crippen LogP contribution in [0.2, 0.25) is 0 Å². The molecule has 0 bridgehead atoms. The molecule has 1 fully saturated rings. The summed E-state index contributed by atoms with van der Waals surface area (Å²) in [6.45, 7) is 3.29. The Morgan fingerprint density at radius 3 is 2.81 bits per heavy atom. The summed E-state index contributed by atoms with van der Waals surface area (Å²) in [7, 11) is 0. The van der Waals surface area contributed by atoms with Crippen LogP contribution in [0.15, 0.2) is 24.3 Å². The van der Waals surface area contributed by atoms with E-state index in [4.69, 9.17) is 16.3 Å². The zero-order valence-corrected chi connectivity index (χ0v) is 9.91. The number of carbonyl (C=O) groups is 1. The van der Waals surface area contributed by atoms with Crippen LogP contribution >= 0.6 is 11.6 Å². The SMILES string of the molecule is Cc1ccccc1OC1CN(C(=O)CCl)C1. The zero-order valence-electron chi connectivity index (χ0n) is 9.15. The third-order valence-electron chi connectivity index (χ3n) is 2.70. The summed E-state index contributed by atoms with van der Waals surface area (Å²) in [6.07, 6.45) is 0.105. The molecule has 0 aliphatic carbocycles. The molecule has 1 amide bonds. The van der Waals surface area contributed by atoms with Crippen LogP contribution in [-0.2, 0) is 4.79 Å². The Balaban J connectivity index is 1.86. The predicted molar refractivity (Wildman–Crippen MR) is 62.9 cm³/mol. The second-order valence-corrected chi connectivity index (χ2v) is 4.20. The second kappa shape index (κ2) is 4.74. The van der Waals surface area contributed by atoms with Crippen molar-refractivity contribution in [3.63, 3.8) is 0 Å². The van der Waals surface area contributed by atoms with E-state index in [9.17, 15) is 4.79 Å². The van der Waals surface area contributed by atoms with Crippen LogP contribution in [0.5, 0.6) is 5.75 Å². The summed E-state index contributed by atoms with van der Waals surface area (Å²) in [6, 6.07) is 7.88. The lowest BCUT2D eigenvalue weighted by atomic mass is 10.1. The standard InChI is InChI=1S/C12H14ClNO2/c1-9-4-2-3-5-11(9)16-10-7-14(8-10)12(15)6-13/h2-5,10H,6-8H2,1H3. The lowest BCUT2D eigenvalue weighted by Gasteiger charge is -2.38. The minimum atomic E-state index is -0.0219. The Hall–Kier alpha value is -1.22. The fourth-order valence-electron chi connectivity index (χ4n) is 1.67. The van der Waals surface area contributed by atoms with Crippen molar-refractivity contribution < 1.29 is 9.53 Å². The number of alkyl halides is 1. The Kier molecular flexibility index (Phi) is 3.34. The minimum absolute atomic E-state index is 0.0219. The van der Waals surface area contributed by atoms with E-state index in [0.29, 0.717) is 13.1 Å². The molecule has 1 aromatic rings. The number of hydrogen-bond donors (Lipinski definition) is 0. The highest BCUT2D eigenvalue weighted by molar-refractivity contribution is 6.27. The van der Waals surface area contributed by atoms with Crippen LogP contribution in [0.3, 0.4) is 0 Å². The second-order valence-electron chi connectivity index (χ2n) is 3.94. The van der Waals surface area contributed by atoms with Gasteiger partial charge in [-0.3, -0.25) is 4.79 Å². The van der Waals surface area contributed by atoms with Gasteiger partial charge in [0.05, 0.1) is 13.1 Å². The third kappa shape index (κ3) is 2.30. The van der Waals surface area contributed by atoms with Crippen LogP contribution < -0.4 is 4.74 Å². The van der Waals surface area contributed by atoms with Crippen LogP contribution in [0.25, 0.3) is 0 Å². The average Bonchev–Trinajstić information content (AvgIpc) is 2.24. The lowest BCUT2D eigenvalue weighted by molar-refractivity contribution is -0.137. The molecule has 2 rings (SSSR count). The molecular formula is C12H14ClNO2. The van der Waals surface area contributed by atoms with Crippen LogP contribution in [0.1, 0.15) is 5.56 Å². The number of amides is 1. The highest BCUT2D eigenvalue weighted by atomic mass is 35.5. The quantitative estimate of drug-likeness (QED) is 0.754. The highest BCUT2D eigenvalue weighted by Gasteiger charge is 2.31. The van der Waals surface area contributed by atoms with Gasteiger partial charge in [-0.2, -0.15) is 0 Å². The molecule has 0 unspecified atom stereocenters. The fourth-order valence-corrected chi connectivity index (χ4v) is 1.84. The Morgan fingerprint density at radius 1 is 1.50 bits per heavy atom. The van der Waals surface area contributed by atoms with E-state index in [2.05, 4.69) is 0 Å². The number of aryl methyl sites for hydroxylation is 1. The maximum absolute atomic E-state index is 11.2. The van der Waals surface area contributed by atoms with Crippen molar-refractivity contribution in [3.8, 4) is 5.75 Å². The van der Waals surface area contributed by atoms with Crippen molar-refractivity contribution in [2.24, 2.45) is 0 Å². The summed E-state index contributed by atoms with van der Waals surface area (Å²) in [5.41, 5.74) is 1.12. The van der Waals surface area contributed by atoms with E-state index in [1.165, 1.54) is 0 Å². The number of hydrogen-bond acceptors (Lipinski definition) is 2. The maximum atomic E-state index is 11.2. The highest BCUT2D eigenvalue weighted by Crippen LogP contribution is 2.21. The zero-order chi connectivity index (χ0) is 11.5. The van der Waals surface area contributed by atoms with E-state index < -0.39 is 0 Å². The molecule has 0 aromatic heterocycles. The van der Waals surface area contributed by atoms with Crippen LogP contribution in [0, 0.1) is 6.92 Å². The molecular weight excluding hydrogens is 226 g/mol. The molecule has 1 heterocycles. The van der Waals surface area contributed by atoms with Gasteiger partial charge in [0, 0.05) is 0 Å². The summed E-state index contributed by atoms with van der Waals surface area (Å²) in [5, 5.41) is 0. The minimum Gasteiger partial charge on any atom is -0.486 e. The van der Waals surface area contributed by atoms with Gasteiger partial charge < -0.3 is 9.64 Å². The van der Waals surface area contributed by atoms with E-state index in [-0.39, 0.29) is 17.9 Å². The van der Waals surface area contributed by atoms with Crippen molar-refractivity contribution in [3.05, 3.63) is 29.8 Å². The Morgan fingerprint density at radius 2 is 2.19 bits per heavy atom. The van der Waals surface area contributed by atoms with Crippen molar-refractivity contribution in [1.82, 2.24) is 4.90 Å². The molecule has 0 saturated carbocycles. The number of carbonyl (C=O) groups excluding carboxylic acids is 1. The van der Waals surface area contributed by atoms with Crippen molar-refractivity contribution in [2.75, 3.05) is 19.0 Å². The molecule has 86 valence electrons. The summed E-state index contributed by atoms with van der Waals surface area (Å²) >= 11 is 5.46. The number of benzene rings is 1. The van der Waals surface area contributed by atoms with Gasteiger partial charge >= 0.3 is 0 Å². The van der Waals surface area contributed by atoms with Gasteiger partial charge in [-0.1, -0.05) is 18.2 Å². The van der Waals surface area contributed by atoms with E-state index in [1.807, 2.05) is 31.2 Å². The average molecular weight is 240 g/mol. The monoisotopic (exact) mass is 239 g/mol. The molecule has 0 radical (unpaired) electrons. The normalized spacial score (nSPS) is 15.8. The van der Waals surface area contributed by atoms with Gasteiger partial charge in [0.25, 0.3) is 0 Å². The number of likely N-dealkylation sites (tertiary alicyclic amines) is 1. The topological polar surface area (TPSA) is 29.5 Å². The van der Waals surface area contributed by atoms with E-state index in [0.717, 1.165) is 11.3 Å². The largest absolute Gasteiger partial charge is 0.486 e. The lowest BCUT2D eigenvalue weighted by Crippen LogP contribution is -2.56. The third-order valence-corrected chi connectivity index (χ3v) is 2.93. The number of para-hydroxylation sites is 1. The van der Waals surface area contributed by atoms with Gasteiger partial charge in [0.15, 0.2) is 0 Å². The maximum Gasteiger partial charge on any atom is 0.237 e. The molecule has 0 N–H and O–H groups in total. The van der Waals surface area contributed by atoms with Gasteiger partial charge in [-0.15, -0.1) is 11.6 Å². The Labute approximate surface area is 100.0 Å². The molecule has 16 heavy (non-hydrogen) atoms. The molecule has 3 nitrogen and oxygen atoms in total. The fraction of sp³-hybridized carbons (Fsp3) is 0.417. The molecule has 1 saturated heterocycles. The van der Waals surface area contributed by atoms with Crippen molar-refractivity contribution >= 4 is 17.5 Å².